The lowest BCUT2D eigenvalue weighted by atomic mass is 10.1. The molecule has 0 aliphatic heterocycles. The van der Waals surface area contributed by atoms with Gasteiger partial charge in [0.2, 0.25) is 5.91 Å². The standard InChI is InChI=1S/C16H23NO4/c1-13(21-2)10-11-15(18)17(12-6-9-16(19)20)14-7-4-3-5-8-14/h3-5,7-8,13H,6,9-12H2,1-2H3,(H,19,20). The molecule has 1 N–H and O–H groups in total. The number of aliphatic carboxylic acids is 1. The van der Waals surface area contributed by atoms with Crippen molar-refractivity contribution in [2.45, 2.75) is 38.7 Å². The molecular formula is C16H23NO4. The number of hydrogen-bond acceptors (Lipinski definition) is 3. The molecule has 1 aromatic rings. The average molecular weight is 293 g/mol. The Morgan fingerprint density at radius 2 is 1.90 bits per heavy atom. The number of hydrogen-bond donors (Lipinski definition) is 1. The molecule has 0 spiro atoms. The molecule has 5 heteroatoms. The number of carboxylic acids is 1. The van der Waals surface area contributed by atoms with E-state index in [0.29, 0.717) is 25.8 Å². The number of anilines is 1. The van der Waals surface area contributed by atoms with Gasteiger partial charge in [-0.25, -0.2) is 0 Å². The van der Waals surface area contributed by atoms with Crippen LogP contribution in [0.5, 0.6) is 0 Å². The van der Waals surface area contributed by atoms with Crippen molar-refractivity contribution in [2.24, 2.45) is 0 Å². The fourth-order valence-corrected chi connectivity index (χ4v) is 1.97. The number of carbonyl (C=O) groups is 2. The second-order valence-corrected chi connectivity index (χ2v) is 4.96. The molecule has 0 radical (unpaired) electrons. The van der Waals surface area contributed by atoms with Crippen molar-refractivity contribution < 1.29 is 19.4 Å². The molecule has 1 atom stereocenters. The Kier molecular flexibility index (Phi) is 7.46. The highest BCUT2D eigenvalue weighted by Crippen LogP contribution is 2.16. The average Bonchev–Trinajstić information content (AvgIpc) is 2.49. The summed E-state index contributed by atoms with van der Waals surface area (Å²) in [5.74, 6) is -0.848. The van der Waals surface area contributed by atoms with E-state index in [-0.39, 0.29) is 18.4 Å². The third-order valence-corrected chi connectivity index (χ3v) is 3.31. The number of para-hydroxylation sites is 1. The Morgan fingerprint density at radius 1 is 1.24 bits per heavy atom. The van der Waals surface area contributed by atoms with E-state index < -0.39 is 5.97 Å². The molecule has 0 bridgehead atoms. The van der Waals surface area contributed by atoms with E-state index in [4.69, 9.17) is 9.84 Å². The van der Waals surface area contributed by atoms with E-state index in [0.717, 1.165) is 5.69 Å². The van der Waals surface area contributed by atoms with Gasteiger partial charge >= 0.3 is 5.97 Å². The first-order chi connectivity index (χ1) is 10.0. The molecule has 0 saturated heterocycles. The van der Waals surface area contributed by atoms with E-state index in [1.54, 1.807) is 12.0 Å². The van der Waals surface area contributed by atoms with E-state index >= 15 is 0 Å². The van der Waals surface area contributed by atoms with Crippen LogP contribution < -0.4 is 4.90 Å². The number of amides is 1. The molecule has 5 nitrogen and oxygen atoms in total. The third kappa shape index (κ3) is 6.40. The minimum absolute atomic E-state index is 0.00418. The van der Waals surface area contributed by atoms with Gasteiger partial charge in [-0.15, -0.1) is 0 Å². The Hall–Kier alpha value is -1.88. The first-order valence-corrected chi connectivity index (χ1v) is 7.14. The van der Waals surface area contributed by atoms with Crippen molar-refractivity contribution in [1.82, 2.24) is 0 Å². The summed E-state index contributed by atoms with van der Waals surface area (Å²) in [6, 6.07) is 9.34. The molecule has 1 unspecified atom stereocenters. The van der Waals surface area contributed by atoms with Crippen LogP contribution in [0.25, 0.3) is 0 Å². The van der Waals surface area contributed by atoms with Crippen molar-refractivity contribution >= 4 is 17.6 Å². The van der Waals surface area contributed by atoms with E-state index in [1.807, 2.05) is 37.3 Å². The number of nitrogens with zero attached hydrogens (tertiary/aromatic N) is 1. The van der Waals surface area contributed by atoms with Crippen LogP contribution in [0.1, 0.15) is 32.6 Å². The van der Waals surface area contributed by atoms with Crippen LogP contribution in [0.4, 0.5) is 5.69 Å². The lowest BCUT2D eigenvalue weighted by molar-refractivity contribution is -0.137. The summed E-state index contributed by atoms with van der Waals surface area (Å²) in [7, 11) is 1.62. The highest BCUT2D eigenvalue weighted by Gasteiger charge is 2.16. The van der Waals surface area contributed by atoms with Crippen LogP contribution in [-0.2, 0) is 14.3 Å². The van der Waals surface area contributed by atoms with Crippen molar-refractivity contribution in [3.63, 3.8) is 0 Å². The maximum absolute atomic E-state index is 12.4. The van der Waals surface area contributed by atoms with Crippen molar-refractivity contribution in [2.75, 3.05) is 18.6 Å². The Bertz CT molecular complexity index is 447. The van der Waals surface area contributed by atoms with Crippen LogP contribution in [-0.4, -0.2) is 36.7 Å². The molecule has 21 heavy (non-hydrogen) atoms. The molecule has 0 aromatic heterocycles. The molecule has 0 saturated carbocycles. The quantitative estimate of drug-likeness (QED) is 0.760. The largest absolute Gasteiger partial charge is 0.481 e. The van der Waals surface area contributed by atoms with Gasteiger partial charge in [-0.1, -0.05) is 18.2 Å². The molecule has 0 aliphatic rings. The van der Waals surface area contributed by atoms with Gasteiger partial charge in [0, 0.05) is 32.2 Å². The molecule has 1 aromatic carbocycles. The number of ether oxygens (including phenoxy) is 1. The number of benzene rings is 1. The smallest absolute Gasteiger partial charge is 0.303 e. The minimum Gasteiger partial charge on any atom is -0.481 e. The Balaban J connectivity index is 2.67. The monoisotopic (exact) mass is 293 g/mol. The number of methoxy groups -OCH3 is 1. The number of carbonyl (C=O) groups excluding carboxylic acids is 1. The zero-order valence-corrected chi connectivity index (χ0v) is 12.6. The molecule has 0 fully saturated rings. The Morgan fingerprint density at radius 3 is 2.48 bits per heavy atom. The second kappa shape index (κ2) is 9.13. The molecule has 0 aliphatic carbocycles. The maximum atomic E-state index is 12.4. The van der Waals surface area contributed by atoms with Gasteiger partial charge in [0.15, 0.2) is 0 Å². The summed E-state index contributed by atoms with van der Waals surface area (Å²) in [5.41, 5.74) is 0.804. The fourth-order valence-electron chi connectivity index (χ4n) is 1.97. The van der Waals surface area contributed by atoms with Crippen LogP contribution in [0.3, 0.4) is 0 Å². The highest BCUT2D eigenvalue weighted by atomic mass is 16.5. The van der Waals surface area contributed by atoms with Gasteiger partial charge in [-0.05, 0) is 31.9 Å². The van der Waals surface area contributed by atoms with E-state index in [2.05, 4.69) is 0 Å². The molecule has 1 amide bonds. The molecule has 1 rings (SSSR count). The number of carboxylic acid groups (broad SMARTS) is 1. The zero-order valence-electron chi connectivity index (χ0n) is 12.6. The first-order valence-electron chi connectivity index (χ1n) is 7.14. The predicted octanol–water partition coefficient (Wildman–Crippen LogP) is 2.70. The predicted molar refractivity (Wildman–Crippen MR) is 81.4 cm³/mol. The lowest BCUT2D eigenvalue weighted by Gasteiger charge is -2.23. The molecule has 116 valence electrons. The van der Waals surface area contributed by atoms with Crippen LogP contribution >= 0.6 is 0 Å². The summed E-state index contributed by atoms with van der Waals surface area (Å²) in [4.78, 5) is 24.6. The van der Waals surface area contributed by atoms with Gasteiger partial charge in [0.25, 0.3) is 0 Å². The van der Waals surface area contributed by atoms with Crippen molar-refractivity contribution in [3.8, 4) is 0 Å². The van der Waals surface area contributed by atoms with E-state index in [1.165, 1.54) is 0 Å². The second-order valence-electron chi connectivity index (χ2n) is 4.96. The zero-order chi connectivity index (χ0) is 15.7. The van der Waals surface area contributed by atoms with Gasteiger partial charge in [0.1, 0.15) is 0 Å². The topological polar surface area (TPSA) is 66.8 Å². The Labute approximate surface area is 125 Å². The summed E-state index contributed by atoms with van der Waals surface area (Å²) in [6.07, 6.45) is 1.57. The summed E-state index contributed by atoms with van der Waals surface area (Å²) >= 11 is 0. The molecular weight excluding hydrogens is 270 g/mol. The van der Waals surface area contributed by atoms with Crippen LogP contribution in [0.2, 0.25) is 0 Å². The minimum atomic E-state index is -0.844. The van der Waals surface area contributed by atoms with Crippen LogP contribution in [0.15, 0.2) is 30.3 Å². The van der Waals surface area contributed by atoms with Gasteiger partial charge in [-0.2, -0.15) is 0 Å². The van der Waals surface area contributed by atoms with E-state index in [9.17, 15) is 9.59 Å². The van der Waals surface area contributed by atoms with Crippen molar-refractivity contribution in [1.29, 1.82) is 0 Å². The fraction of sp³-hybridized carbons (Fsp3) is 0.500. The maximum Gasteiger partial charge on any atom is 0.303 e. The SMILES string of the molecule is COC(C)CCC(=O)N(CCCC(=O)O)c1ccccc1. The van der Waals surface area contributed by atoms with Gasteiger partial charge in [0.05, 0.1) is 6.10 Å². The molecule has 0 heterocycles. The summed E-state index contributed by atoms with van der Waals surface area (Å²) < 4.78 is 5.15. The van der Waals surface area contributed by atoms with Crippen molar-refractivity contribution in [3.05, 3.63) is 30.3 Å². The van der Waals surface area contributed by atoms with Gasteiger partial charge in [-0.3, -0.25) is 9.59 Å². The first kappa shape index (κ1) is 17.2. The van der Waals surface area contributed by atoms with Gasteiger partial charge < -0.3 is 14.7 Å². The highest BCUT2D eigenvalue weighted by molar-refractivity contribution is 5.93. The summed E-state index contributed by atoms with van der Waals surface area (Å²) in [5, 5.41) is 8.72. The normalized spacial score (nSPS) is 11.9. The lowest BCUT2D eigenvalue weighted by Crippen LogP contribution is -2.32. The third-order valence-electron chi connectivity index (χ3n) is 3.31. The summed E-state index contributed by atoms with van der Waals surface area (Å²) in [6.45, 7) is 2.33. The number of rotatable bonds is 9. The van der Waals surface area contributed by atoms with Crippen LogP contribution in [0, 0.1) is 0 Å².